The van der Waals surface area contributed by atoms with E-state index in [4.69, 9.17) is 11.6 Å². The normalized spacial score (nSPS) is 15.3. The van der Waals surface area contributed by atoms with Crippen LogP contribution in [0.5, 0.6) is 0 Å². The summed E-state index contributed by atoms with van der Waals surface area (Å²) in [6.07, 6.45) is 8.12. The van der Waals surface area contributed by atoms with E-state index in [9.17, 15) is 9.59 Å². The first-order valence-corrected chi connectivity index (χ1v) is 10.3. The van der Waals surface area contributed by atoms with E-state index in [0.717, 1.165) is 40.9 Å². The van der Waals surface area contributed by atoms with E-state index in [1.807, 2.05) is 29.2 Å². The zero-order chi connectivity index (χ0) is 18.4. The molecule has 1 N–H and O–H groups in total. The zero-order valence-electron chi connectivity index (χ0n) is 14.7. The molecule has 26 heavy (non-hydrogen) atoms. The minimum atomic E-state index is -0.206. The van der Waals surface area contributed by atoms with Crippen molar-refractivity contribution in [2.75, 3.05) is 19.6 Å². The summed E-state index contributed by atoms with van der Waals surface area (Å²) in [6.45, 7) is 2.05. The van der Waals surface area contributed by atoms with E-state index in [0.29, 0.717) is 18.0 Å². The van der Waals surface area contributed by atoms with Crippen molar-refractivity contribution in [3.05, 3.63) is 40.2 Å². The topological polar surface area (TPSA) is 49.4 Å². The summed E-state index contributed by atoms with van der Waals surface area (Å²) in [4.78, 5) is 27.0. The predicted octanol–water partition coefficient (Wildman–Crippen LogP) is 4.48. The van der Waals surface area contributed by atoms with E-state index in [1.165, 1.54) is 18.9 Å². The van der Waals surface area contributed by atoms with E-state index >= 15 is 0 Å². The maximum atomic E-state index is 12.2. The number of fused-ring (bicyclic) bond motifs is 1. The number of carbonyl (C=O) groups excluding carboxylic acids is 2. The van der Waals surface area contributed by atoms with Gasteiger partial charge in [-0.05, 0) is 25.0 Å². The van der Waals surface area contributed by atoms with Crippen molar-refractivity contribution < 1.29 is 9.59 Å². The van der Waals surface area contributed by atoms with Crippen molar-refractivity contribution in [3.8, 4) is 0 Å². The Hall–Kier alpha value is -1.85. The van der Waals surface area contributed by atoms with Crippen LogP contribution in [0.2, 0.25) is 5.02 Å². The zero-order valence-corrected chi connectivity index (χ0v) is 16.2. The Kier molecular flexibility index (Phi) is 6.69. The minimum absolute atomic E-state index is 0.128. The third kappa shape index (κ3) is 4.86. The summed E-state index contributed by atoms with van der Waals surface area (Å²) in [7, 11) is 0. The van der Waals surface area contributed by atoms with Gasteiger partial charge in [0.15, 0.2) is 0 Å². The largest absolute Gasteiger partial charge is 0.352 e. The minimum Gasteiger partial charge on any atom is -0.352 e. The number of rotatable bonds is 5. The lowest BCUT2D eigenvalue weighted by Gasteiger charge is -2.20. The Labute approximate surface area is 162 Å². The first-order valence-electron chi connectivity index (χ1n) is 9.06. The van der Waals surface area contributed by atoms with Crippen molar-refractivity contribution in [3.63, 3.8) is 0 Å². The van der Waals surface area contributed by atoms with Gasteiger partial charge in [0, 0.05) is 47.1 Å². The van der Waals surface area contributed by atoms with Crippen LogP contribution in [-0.4, -0.2) is 36.3 Å². The Morgan fingerprint density at radius 2 is 1.88 bits per heavy atom. The lowest BCUT2D eigenvalue weighted by Crippen LogP contribution is -2.34. The van der Waals surface area contributed by atoms with Crippen molar-refractivity contribution in [2.45, 2.75) is 32.1 Å². The first-order chi connectivity index (χ1) is 12.6. The molecule has 0 radical (unpaired) electrons. The molecule has 0 atom stereocenters. The molecule has 1 fully saturated rings. The Morgan fingerprint density at radius 3 is 2.62 bits per heavy atom. The van der Waals surface area contributed by atoms with Gasteiger partial charge in [-0.1, -0.05) is 42.6 Å². The van der Waals surface area contributed by atoms with Crippen molar-refractivity contribution >= 4 is 50.9 Å². The summed E-state index contributed by atoms with van der Waals surface area (Å²) >= 11 is 7.92. The third-order valence-electron chi connectivity index (χ3n) is 4.54. The van der Waals surface area contributed by atoms with Gasteiger partial charge in [0.2, 0.25) is 11.8 Å². The molecular formula is C20H23ClN2O2S. The molecule has 0 spiro atoms. The van der Waals surface area contributed by atoms with E-state index < -0.39 is 0 Å². The molecule has 1 saturated heterocycles. The summed E-state index contributed by atoms with van der Waals surface area (Å²) in [5.74, 6) is -0.0779. The van der Waals surface area contributed by atoms with Gasteiger partial charge in [-0.3, -0.25) is 9.59 Å². The van der Waals surface area contributed by atoms with Gasteiger partial charge in [-0.2, -0.15) is 0 Å². The Bertz CT molecular complexity index is 807. The highest BCUT2D eigenvalue weighted by atomic mass is 35.5. The molecule has 3 rings (SSSR count). The van der Waals surface area contributed by atoms with Crippen LogP contribution in [-0.2, 0) is 9.59 Å². The maximum absolute atomic E-state index is 12.2. The smallest absolute Gasteiger partial charge is 0.244 e. The van der Waals surface area contributed by atoms with Crippen molar-refractivity contribution in [1.82, 2.24) is 10.2 Å². The third-order valence-corrected chi connectivity index (χ3v) is 6.20. The molecule has 1 aliphatic heterocycles. The lowest BCUT2D eigenvalue weighted by atomic mass is 10.2. The molecular weight excluding hydrogens is 368 g/mol. The van der Waals surface area contributed by atoms with Crippen molar-refractivity contribution in [2.24, 2.45) is 0 Å². The quantitative estimate of drug-likeness (QED) is 0.765. The lowest BCUT2D eigenvalue weighted by molar-refractivity contribution is -0.131. The van der Waals surface area contributed by atoms with E-state index in [-0.39, 0.29) is 11.8 Å². The molecule has 2 amide bonds. The SMILES string of the molecule is O=C(/C=C/c1sc2ccccc2c1Cl)NCCC(=O)N1CCCCCC1. The number of halogens is 1. The number of hydrogen-bond acceptors (Lipinski definition) is 3. The fourth-order valence-electron chi connectivity index (χ4n) is 3.12. The number of hydrogen-bond donors (Lipinski definition) is 1. The number of nitrogens with zero attached hydrogens (tertiary/aromatic N) is 1. The molecule has 6 heteroatoms. The van der Waals surface area contributed by atoms with Crippen LogP contribution in [0.4, 0.5) is 0 Å². The number of thiophene rings is 1. The number of likely N-dealkylation sites (tertiary alicyclic amines) is 1. The molecule has 2 aromatic rings. The highest BCUT2D eigenvalue weighted by Gasteiger charge is 2.15. The second kappa shape index (κ2) is 9.19. The Balaban J connectivity index is 1.48. The predicted molar refractivity (Wildman–Crippen MR) is 109 cm³/mol. The van der Waals surface area contributed by atoms with Gasteiger partial charge >= 0.3 is 0 Å². The molecule has 1 aromatic carbocycles. The molecule has 4 nitrogen and oxygen atoms in total. The summed E-state index contributed by atoms with van der Waals surface area (Å²) in [5.41, 5.74) is 0. The van der Waals surface area contributed by atoms with Crippen molar-refractivity contribution in [1.29, 1.82) is 0 Å². The number of carbonyl (C=O) groups is 2. The van der Waals surface area contributed by atoms with Crippen LogP contribution in [0, 0.1) is 0 Å². The highest BCUT2D eigenvalue weighted by Crippen LogP contribution is 2.35. The summed E-state index contributed by atoms with van der Waals surface area (Å²) in [5, 5.41) is 4.45. The highest BCUT2D eigenvalue weighted by molar-refractivity contribution is 7.20. The molecule has 0 saturated carbocycles. The van der Waals surface area contributed by atoms with E-state index in [1.54, 1.807) is 17.4 Å². The summed E-state index contributed by atoms with van der Waals surface area (Å²) in [6, 6.07) is 7.90. The summed E-state index contributed by atoms with van der Waals surface area (Å²) < 4.78 is 1.10. The first kappa shape index (κ1) is 18.9. The Morgan fingerprint density at radius 1 is 1.15 bits per heavy atom. The number of nitrogens with one attached hydrogen (secondary N) is 1. The number of amides is 2. The average molecular weight is 391 g/mol. The molecule has 1 aliphatic rings. The monoisotopic (exact) mass is 390 g/mol. The van der Waals surface area contributed by atoms with Gasteiger partial charge in [0.05, 0.1) is 5.02 Å². The second-order valence-electron chi connectivity index (χ2n) is 6.45. The van der Waals surface area contributed by atoms with Crippen LogP contribution in [0.15, 0.2) is 30.3 Å². The maximum Gasteiger partial charge on any atom is 0.244 e. The molecule has 1 aromatic heterocycles. The van der Waals surface area contributed by atoms with Gasteiger partial charge in [-0.15, -0.1) is 11.3 Å². The van der Waals surface area contributed by atoms with Gasteiger partial charge in [-0.25, -0.2) is 0 Å². The molecule has 138 valence electrons. The van der Waals surface area contributed by atoms with Gasteiger partial charge in [0.1, 0.15) is 0 Å². The van der Waals surface area contributed by atoms with Gasteiger partial charge < -0.3 is 10.2 Å². The number of benzene rings is 1. The second-order valence-corrected chi connectivity index (χ2v) is 7.91. The molecule has 0 unspecified atom stereocenters. The van der Waals surface area contributed by atoms with Crippen LogP contribution in [0.25, 0.3) is 16.2 Å². The average Bonchev–Trinajstić information content (AvgIpc) is 2.82. The molecule has 0 bridgehead atoms. The van der Waals surface area contributed by atoms with Crippen LogP contribution in [0.3, 0.4) is 0 Å². The van der Waals surface area contributed by atoms with Crippen LogP contribution >= 0.6 is 22.9 Å². The standard InChI is InChI=1S/C20H23ClN2O2S/c21-20-15-7-3-4-8-16(15)26-17(20)9-10-18(24)22-12-11-19(25)23-13-5-1-2-6-14-23/h3-4,7-10H,1-2,5-6,11-14H2,(H,22,24)/b10-9+. The van der Waals surface area contributed by atoms with Gasteiger partial charge in [0.25, 0.3) is 0 Å². The van der Waals surface area contributed by atoms with E-state index in [2.05, 4.69) is 5.32 Å². The van der Waals surface area contributed by atoms with Crippen LogP contribution in [0.1, 0.15) is 37.0 Å². The molecule has 2 heterocycles. The molecule has 0 aliphatic carbocycles. The fourth-order valence-corrected chi connectivity index (χ4v) is 4.52. The fraction of sp³-hybridized carbons (Fsp3) is 0.400. The van der Waals surface area contributed by atoms with Crippen LogP contribution < -0.4 is 5.32 Å².